The molecular formula is C17H17ClN2O4. The van der Waals surface area contributed by atoms with E-state index in [2.05, 4.69) is 4.84 Å². The van der Waals surface area contributed by atoms with E-state index in [1.54, 1.807) is 48.5 Å². The molecule has 0 aliphatic heterocycles. The Kier molecular flexibility index (Phi) is 5.31. The molecular weight excluding hydrogens is 332 g/mol. The first-order chi connectivity index (χ1) is 11.3. The number of ether oxygens (including phenoxy) is 1. The maximum Gasteiger partial charge on any atom is 0.347 e. The highest BCUT2D eigenvalue weighted by atomic mass is 35.5. The third kappa shape index (κ3) is 3.97. The average molecular weight is 349 g/mol. The summed E-state index contributed by atoms with van der Waals surface area (Å²) >= 11 is 5.47. The van der Waals surface area contributed by atoms with Crippen LogP contribution in [0.4, 0.5) is 16.2 Å². The second-order valence-electron chi connectivity index (χ2n) is 5.48. The third-order valence-electron chi connectivity index (χ3n) is 3.28. The van der Waals surface area contributed by atoms with Gasteiger partial charge in [0.05, 0.1) is 11.4 Å². The van der Waals surface area contributed by atoms with Gasteiger partial charge in [-0.15, -0.1) is 0 Å². The Balaban J connectivity index is 2.30. The maximum atomic E-state index is 12.1. The van der Waals surface area contributed by atoms with Crippen LogP contribution in [-0.4, -0.2) is 22.7 Å². The zero-order valence-electron chi connectivity index (χ0n) is 13.2. The number of aliphatic carboxylic acids is 1. The van der Waals surface area contributed by atoms with Gasteiger partial charge in [-0.05, 0) is 50.2 Å². The van der Waals surface area contributed by atoms with Gasteiger partial charge in [0.25, 0.3) is 0 Å². The summed E-state index contributed by atoms with van der Waals surface area (Å²) < 4.78 is 5.45. The average Bonchev–Trinajstić information content (AvgIpc) is 2.57. The number of carboxylic acid groups (broad SMARTS) is 1. The molecule has 0 saturated carbocycles. The number of para-hydroxylation sites is 1. The lowest BCUT2D eigenvalue weighted by Crippen LogP contribution is -2.37. The molecule has 7 heteroatoms. The molecule has 0 saturated heterocycles. The fraction of sp³-hybridized carbons (Fsp3) is 0.176. The van der Waals surface area contributed by atoms with Gasteiger partial charge >= 0.3 is 12.0 Å². The molecule has 0 atom stereocenters. The molecule has 0 unspecified atom stereocenters. The summed E-state index contributed by atoms with van der Waals surface area (Å²) in [7, 11) is 0. The Morgan fingerprint density at radius 2 is 1.58 bits per heavy atom. The van der Waals surface area contributed by atoms with Crippen molar-refractivity contribution in [1.82, 2.24) is 4.84 Å². The normalized spacial score (nSPS) is 10.8. The number of nitrogens with one attached hydrogen (secondary N) is 1. The van der Waals surface area contributed by atoms with E-state index in [1.165, 1.54) is 18.7 Å². The van der Waals surface area contributed by atoms with Gasteiger partial charge < -0.3 is 9.84 Å². The van der Waals surface area contributed by atoms with Crippen molar-refractivity contribution in [1.29, 1.82) is 0 Å². The van der Waals surface area contributed by atoms with Crippen LogP contribution in [0.3, 0.4) is 0 Å². The van der Waals surface area contributed by atoms with Gasteiger partial charge in [-0.3, -0.25) is 4.90 Å². The SMILES string of the molecule is CC(C)(Oc1ccc(N(C(=O)NCl)c2ccccc2)cc1)C(=O)O. The van der Waals surface area contributed by atoms with Crippen LogP contribution in [0.25, 0.3) is 0 Å². The molecule has 0 spiro atoms. The van der Waals surface area contributed by atoms with E-state index in [-0.39, 0.29) is 0 Å². The number of hydrogen-bond acceptors (Lipinski definition) is 3. The number of amides is 2. The van der Waals surface area contributed by atoms with Gasteiger partial charge in [0.1, 0.15) is 5.75 Å². The number of rotatable bonds is 5. The minimum Gasteiger partial charge on any atom is -0.478 e. The van der Waals surface area contributed by atoms with Crippen LogP contribution in [-0.2, 0) is 4.79 Å². The molecule has 126 valence electrons. The fourth-order valence-corrected chi connectivity index (χ4v) is 2.09. The molecule has 0 bridgehead atoms. The number of benzene rings is 2. The molecule has 2 N–H and O–H groups in total. The van der Waals surface area contributed by atoms with E-state index in [9.17, 15) is 9.59 Å². The molecule has 2 rings (SSSR count). The summed E-state index contributed by atoms with van der Waals surface area (Å²) in [6.45, 7) is 2.92. The minimum atomic E-state index is -1.35. The Morgan fingerprint density at radius 3 is 2.08 bits per heavy atom. The Morgan fingerprint density at radius 1 is 1.04 bits per heavy atom. The van der Waals surface area contributed by atoms with Crippen LogP contribution in [0.5, 0.6) is 5.75 Å². The summed E-state index contributed by atoms with van der Waals surface area (Å²) in [6.07, 6.45) is 0. The van der Waals surface area contributed by atoms with Crippen molar-refractivity contribution < 1.29 is 19.4 Å². The van der Waals surface area contributed by atoms with Gasteiger partial charge in [-0.2, -0.15) is 0 Å². The van der Waals surface area contributed by atoms with Crippen molar-refractivity contribution >= 4 is 35.2 Å². The number of nitrogens with zero attached hydrogens (tertiary/aromatic N) is 1. The predicted molar refractivity (Wildman–Crippen MR) is 91.8 cm³/mol. The van der Waals surface area contributed by atoms with Gasteiger partial charge in [-0.1, -0.05) is 18.2 Å². The molecule has 0 heterocycles. The summed E-state index contributed by atoms with van der Waals surface area (Å²) in [6, 6.07) is 14.9. The highest BCUT2D eigenvalue weighted by Gasteiger charge is 2.29. The summed E-state index contributed by atoms with van der Waals surface area (Å²) in [5.41, 5.74) is -0.163. The number of halogens is 1. The van der Waals surface area contributed by atoms with Crippen LogP contribution in [0.2, 0.25) is 0 Å². The number of carbonyl (C=O) groups is 2. The van der Waals surface area contributed by atoms with E-state index in [4.69, 9.17) is 21.6 Å². The second-order valence-corrected chi connectivity index (χ2v) is 5.67. The number of anilines is 2. The second kappa shape index (κ2) is 7.23. The molecule has 0 aliphatic carbocycles. The van der Waals surface area contributed by atoms with E-state index in [0.717, 1.165) is 0 Å². The van der Waals surface area contributed by atoms with Gasteiger partial charge in [-0.25, -0.2) is 14.4 Å². The van der Waals surface area contributed by atoms with Crippen LogP contribution < -0.4 is 14.5 Å². The van der Waals surface area contributed by atoms with Crippen molar-refractivity contribution in [2.75, 3.05) is 4.90 Å². The number of carboxylic acids is 1. The lowest BCUT2D eigenvalue weighted by Gasteiger charge is -2.24. The highest BCUT2D eigenvalue weighted by Crippen LogP contribution is 2.28. The topological polar surface area (TPSA) is 78.9 Å². The smallest absolute Gasteiger partial charge is 0.347 e. The van der Waals surface area contributed by atoms with Crippen molar-refractivity contribution in [3.05, 3.63) is 54.6 Å². The fourth-order valence-electron chi connectivity index (χ4n) is 2.00. The zero-order valence-corrected chi connectivity index (χ0v) is 13.9. The number of urea groups is 1. The van der Waals surface area contributed by atoms with Crippen LogP contribution >= 0.6 is 11.8 Å². The molecule has 2 aromatic rings. The summed E-state index contributed by atoms with van der Waals surface area (Å²) in [5.74, 6) is -0.690. The largest absolute Gasteiger partial charge is 0.478 e. The summed E-state index contributed by atoms with van der Waals surface area (Å²) in [4.78, 5) is 26.7. The molecule has 24 heavy (non-hydrogen) atoms. The Labute approximate surface area is 144 Å². The zero-order chi connectivity index (χ0) is 17.7. The molecule has 0 fully saturated rings. The first-order valence-corrected chi connectivity index (χ1v) is 7.51. The monoisotopic (exact) mass is 348 g/mol. The number of carbonyl (C=O) groups excluding carboxylic acids is 1. The van der Waals surface area contributed by atoms with Gasteiger partial charge in [0.2, 0.25) is 0 Å². The minimum absolute atomic E-state index is 0.380. The summed E-state index contributed by atoms with van der Waals surface area (Å²) in [5, 5.41) is 9.10. The molecule has 6 nitrogen and oxygen atoms in total. The Hall–Kier alpha value is -2.73. The lowest BCUT2D eigenvalue weighted by atomic mass is 10.1. The first kappa shape index (κ1) is 17.6. The molecule has 0 radical (unpaired) electrons. The number of hydrogen-bond donors (Lipinski definition) is 2. The standard InChI is InChI=1S/C17H17ClN2O4/c1-17(2,15(21)22)24-14-10-8-13(9-11-14)20(16(23)19-18)12-6-4-3-5-7-12/h3-11H,1-2H3,(H,19,23)(H,21,22). The van der Waals surface area contributed by atoms with Gasteiger partial charge in [0, 0.05) is 11.8 Å². The van der Waals surface area contributed by atoms with E-state index < -0.39 is 17.6 Å². The van der Waals surface area contributed by atoms with Crippen molar-refractivity contribution in [2.45, 2.75) is 19.4 Å². The van der Waals surface area contributed by atoms with Crippen molar-refractivity contribution in [3.8, 4) is 5.75 Å². The van der Waals surface area contributed by atoms with Crippen molar-refractivity contribution in [2.24, 2.45) is 0 Å². The van der Waals surface area contributed by atoms with Crippen LogP contribution in [0.15, 0.2) is 54.6 Å². The van der Waals surface area contributed by atoms with Crippen LogP contribution in [0.1, 0.15) is 13.8 Å². The highest BCUT2D eigenvalue weighted by molar-refractivity contribution is 6.24. The lowest BCUT2D eigenvalue weighted by molar-refractivity contribution is -0.152. The Bertz CT molecular complexity index is 717. The quantitative estimate of drug-likeness (QED) is 0.802. The van der Waals surface area contributed by atoms with Crippen LogP contribution in [0, 0.1) is 0 Å². The van der Waals surface area contributed by atoms with Gasteiger partial charge in [0.15, 0.2) is 5.60 Å². The van der Waals surface area contributed by atoms with E-state index >= 15 is 0 Å². The molecule has 0 aromatic heterocycles. The molecule has 2 aromatic carbocycles. The van der Waals surface area contributed by atoms with E-state index in [1.807, 2.05) is 6.07 Å². The van der Waals surface area contributed by atoms with Crippen molar-refractivity contribution in [3.63, 3.8) is 0 Å². The maximum absolute atomic E-state index is 12.1. The molecule has 2 amide bonds. The molecule has 0 aliphatic rings. The van der Waals surface area contributed by atoms with E-state index in [0.29, 0.717) is 17.1 Å². The first-order valence-electron chi connectivity index (χ1n) is 7.13. The third-order valence-corrected chi connectivity index (χ3v) is 3.44. The predicted octanol–water partition coefficient (Wildman–Crippen LogP) is 3.93.